The monoisotopic (exact) mass is 373 g/mol. The maximum atomic E-state index is 5.49. The highest BCUT2D eigenvalue weighted by Gasteiger charge is 2.24. The van der Waals surface area contributed by atoms with Crippen LogP contribution in [0.1, 0.15) is 16.3 Å². The summed E-state index contributed by atoms with van der Waals surface area (Å²) in [5.74, 6) is 2.35. The maximum Gasteiger partial charge on any atom is 0.191 e. The van der Waals surface area contributed by atoms with Gasteiger partial charge >= 0.3 is 0 Å². The van der Waals surface area contributed by atoms with Crippen LogP contribution in [0.5, 0.6) is 5.75 Å². The molecule has 0 amide bonds. The molecule has 3 rings (SSSR count). The van der Waals surface area contributed by atoms with Gasteiger partial charge in [-0.2, -0.15) is 0 Å². The minimum Gasteiger partial charge on any atom is -0.495 e. The van der Waals surface area contributed by atoms with E-state index in [1.807, 2.05) is 18.3 Å². The van der Waals surface area contributed by atoms with E-state index in [1.54, 1.807) is 25.5 Å². The average Bonchev–Trinajstić information content (AvgIpc) is 3.31. The molecule has 0 saturated carbocycles. The zero-order chi connectivity index (χ0) is 18.4. The molecule has 26 heavy (non-hydrogen) atoms. The molecule has 1 fully saturated rings. The summed E-state index contributed by atoms with van der Waals surface area (Å²) in [5.41, 5.74) is 1.18. The van der Waals surface area contributed by atoms with Crippen LogP contribution >= 0.6 is 11.3 Å². The fraction of sp³-hybridized carbons (Fsp3) is 0.474. The summed E-state index contributed by atoms with van der Waals surface area (Å²) >= 11 is 1.71. The lowest BCUT2D eigenvalue weighted by molar-refractivity contribution is 0.414. The van der Waals surface area contributed by atoms with Crippen LogP contribution < -0.4 is 20.3 Å². The van der Waals surface area contributed by atoms with Crippen LogP contribution in [0.25, 0.3) is 0 Å². The summed E-state index contributed by atoms with van der Waals surface area (Å²) in [6.07, 6.45) is 3.07. The molecule has 140 valence electrons. The van der Waals surface area contributed by atoms with Crippen molar-refractivity contribution in [3.63, 3.8) is 0 Å². The molecule has 1 unspecified atom stereocenters. The molecule has 1 aliphatic heterocycles. The summed E-state index contributed by atoms with van der Waals surface area (Å²) in [4.78, 5) is 12.3. The number of methoxy groups -OCH3 is 1. The maximum absolute atomic E-state index is 5.49. The lowest BCUT2D eigenvalue weighted by atomic mass is 10.1. The number of aromatic nitrogens is 1. The van der Waals surface area contributed by atoms with Gasteiger partial charge in [0.1, 0.15) is 10.8 Å². The van der Waals surface area contributed by atoms with Crippen LogP contribution in [0.2, 0.25) is 0 Å². The van der Waals surface area contributed by atoms with Gasteiger partial charge in [0.2, 0.25) is 0 Å². The first-order valence-corrected chi connectivity index (χ1v) is 9.75. The fourth-order valence-electron chi connectivity index (χ4n) is 3.21. The van der Waals surface area contributed by atoms with Gasteiger partial charge in [0.25, 0.3) is 0 Å². The summed E-state index contributed by atoms with van der Waals surface area (Å²) in [7, 11) is 3.53. The molecule has 1 atom stereocenters. The standard InChI is InChI=1S/C19H27N5OS/c1-14-10-21-18(26-14)12-23-19(20-2)22-11-15-8-9-24(13-15)16-6-4-5-7-17(16)25-3/h4-7,10,15H,8-9,11-13H2,1-3H3,(H2,20,22,23). The van der Waals surface area contributed by atoms with Crippen molar-refractivity contribution in [1.82, 2.24) is 15.6 Å². The number of guanidine groups is 1. The third-order valence-electron chi connectivity index (χ3n) is 4.57. The van der Waals surface area contributed by atoms with Crippen molar-refractivity contribution in [2.75, 3.05) is 38.7 Å². The number of nitrogens with one attached hydrogen (secondary N) is 2. The highest BCUT2D eigenvalue weighted by Crippen LogP contribution is 2.31. The molecule has 0 bridgehead atoms. The molecule has 7 heteroatoms. The number of nitrogens with zero attached hydrogens (tertiary/aromatic N) is 3. The Kier molecular flexibility index (Phi) is 6.33. The third-order valence-corrected chi connectivity index (χ3v) is 5.48. The van der Waals surface area contributed by atoms with Gasteiger partial charge in [0.15, 0.2) is 5.96 Å². The second-order valence-electron chi connectivity index (χ2n) is 6.44. The van der Waals surface area contributed by atoms with Gasteiger partial charge in [-0.15, -0.1) is 11.3 Å². The number of aliphatic imine (C=N–C) groups is 1. The van der Waals surface area contributed by atoms with E-state index in [9.17, 15) is 0 Å². The Bertz CT molecular complexity index is 745. The van der Waals surface area contributed by atoms with Gasteiger partial charge in [-0.05, 0) is 31.4 Å². The van der Waals surface area contributed by atoms with E-state index in [4.69, 9.17) is 4.74 Å². The molecule has 0 aliphatic carbocycles. The van der Waals surface area contributed by atoms with Crippen LogP contribution in [-0.2, 0) is 6.54 Å². The molecule has 2 N–H and O–H groups in total. The van der Waals surface area contributed by atoms with Gasteiger partial charge < -0.3 is 20.3 Å². The lowest BCUT2D eigenvalue weighted by Crippen LogP contribution is -2.39. The van der Waals surface area contributed by atoms with Crippen LogP contribution in [0.15, 0.2) is 35.5 Å². The quantitative estimate of drug-likeness (QED) is 0.602. The largest absolute Gasteiger partial charge is 0.495 e. The second-order valence-corrected chi connectivity index (χ2v) is 7.76. The molecular formula is C19H27N5OS. The van der Waals surface area contributed by atoms with Gasteiger partial charge in [-0.25, -0.2) is 4.98 Å². The van der Waals surface area contributed by atoms with Crippen molar-refractivity contribution >= 4 is 23.0 Å². The molecule has 1 aromatic carbocycles. The van der Waals surface area contributed by atoms with Crippen molar-refractivity contribution < 1.29 is 4.74 Å². The van der Waals surface area contributed by atoms with E-state index in [1.165, 1.54) is 10.6 Å². The number of hydrogen-bond donors (Lipinski definition) is 2. The van der Waals surface area contributed by atoms with Crippen LogP contribution in [0.3, 0.4) is 0 Å². The third kappa shape index (κ3) is 4.66. The van der Waals surface area contributed by atoms with Gasteiger partial charge in [0.05, 0.1) is 19.3 Å². The first kappa shape index (κ1) is 18.5. The first-order chi connectivity index (χ1) is 12.7. The second kappa shape index (κ2) is 8.89. The van der Waals surface area contributed by atoms with Crippen LogP contribution in [-0.4, -0.2) is 44.7 Å². The van der Waals surface area contributed by atoms with Crippen molar-refractivity contribution in [1.29, 1.82) is 0 Å². The zero-order valence-electron chi connectivity index (χ0n) is 15.7. The van der Waals surface area contributed by atoms with Gasteiger partial charge in [-0.3, -0.25) is 4.99 Å². The minimum absolute atomic E-state index is 0.584. The van der Waals surface area contributed by atoms with E-state index in [0.29, 0.717) is 12.5 Å². The molecule has 6 nitrogen and oxygen atoms in total. The minimum atomic E-state index is 0.584. The molecule has 0 spiro atoms. The molecular weight excluding hydrogens is 346 g/mol. The summed E-state index contributed by atoms with van der Waals surface area (Å²) in [6.45, 7) is 5.76. The topological polar surface area (TPSA) is 61.8 Å². The van der Waals surface area contributed by atoms with E-state index >= 15 is 0 Å². The Hall–Kier alpha value is -2.28. The molecule has 2 aromatic rings. The fourth-order valence-corrected chi connectivity index (χ4v) is 3.94. The Labute approximate surface area is 159 Å². The number of para-hydroxylation sites is 2. The number of ether oxygens (including phenoxy) is 1. The SMILES string of the molecule is CN=C(NCc1ncc(C)s1)NCC1CCN(c2ccccc2OC)C1. The van der Waals surface area contributed by atoms with E-state index in [2.05, 4.69) is 44.6 Å². The smallest absolute Gasteiger partial charge is 0.191 e. The lowest BCUT2D eigenvalue weighted by Gasteiger charge is -2.21. The number of aryl methyl sites for hydroxylation is 1. The Morgan fingerprint density at radius 2 is 2.23 bits per heavy atom. The van der Waals surface area contributed by atoms with Crippen molar-refractivity contribution in [3.8, 4) is 5.75 Å². The molecule has 1 aromatic heterocycles. The molecule has 1 saturated heterocycles. The predicted molar refractivity (Wildman–Crippen MR) is 108 cm³/mol. The highest BCUT2D eigenvalue weighted by molar-refractivity contribution is 7.11. The van der Waals surface area contributed by atoms with Crippen LogP contribution in [0, 0.1) is 12.8 Å². The van der Waals surface area contributed by atoms with E-state index in [-0.39, 0.29) is 0 Å². The number of anilines is 1. The zero-order valence-corrected chi connectivity index (χ0v) is 16.5. The van der Waals surface area contributed by atoms with E-state index in [0.717, 1.165) is 42.8 Å². The Morgan fingerprint density at radius 3 is 2.96 bits per heavy atom. The number of rotatable bonds is 6. The number of thiazole rings is 1. The Morgan fingerprint density at radius 1 is 1.38 bits per heavy atom. The molecule has 0 radical (unpaired) electrons. The first-order valence-electron chi connectivity index (χ1n) is 8.93. The highest BCUT2D eigenvalue weighted by atomic mass is 32.1. The summed E-state index contributed by atoms with van der Waals surface area (Å²) in [5, 5.41) is 7.86. The van der Waals surface area contributed by atoms with Crippen LogP contribution in [0.4, 0.5) is 5.69 Å². The van der Waals surface area contributed by atoms with Gasteiger partial charge in [-0.1, -0.05) is 12.1 Å². The summed E-state index contributed by atoms with van der Waals surface area (Å²) < 4.78 is 5.49. The molecule has 2 heterocycles. The number of benzene rings is 1. The molecule has 1 aliphatic rings. The normalized spacial score (nSPS) is 17.4. The van der Waals surface area contributed by atoms with Crippen molar-refractivity contribution in [3.05, 3.63) is 40.3 Å². The van der Waals surface area contributed by atoms with Gasteiger partial charge in [0, 0.05) is 37.8 Å². The number of hydrogen-bond acceptors (Lipinski definition) is 5. The Balaban J connectivity index is 1.47. The van der Waals surface area contributed by atoms with Crippen molar-refractivity contribution in [2.24, 2.45) is 10.9 Å². The average molecular weight is 374 g/mol. The van der Waals surface area contributed by atoms with E-state index < -0.39 is 0 Å². The van der Waals surface area contributed by atoms with Crippen molar-refractivity contribution in [2.45, 2.75) is 19.9 Å². The predicted octanol–water partition coefficient (Wildman–Crippen LogP) is 2.65. The summed E-state index contributed by atoms with van der Waals surface area (Å²) in [6, 6.07) is 8.23.